The number of hydrogen-bond donors (Lipinski definition) is 1. The quantitative estimate of drug-likeness (QED) is 0.829. The number of piperazine rings is 1. The molecule has 1 atom stereocenters. The molecule has 7 heteroatoms. The second kappa shape index (κ2) is 9.54. The molecule has 1 unspecified atom stereocenters. The predicted octanol–water partition coefficient (Wildman–Crippen LogP) is 2.92. The fraction of sp³-hybridized carbons (Fsp3) is 0.429. The summed E-state index contributed by atoms with van der Waals surface area (Å²) in [6, 6.07) is 11.8. The largest absolute Gasteiger partial charge is 0.335 e. The van der Waals surface area contributed by atoms with Gasteiger partial charge in [-0.05, 0) is 61.0 Å². The Labute approximate surface area is 176 Å². The third kappa shape index (κ3) is 4.74. The van der Waals surface area contributed by atoms with Crippen LogP contribution >= 0.6 is 23.7 Å². The Morgan fingerprint density at radius 2 is 1.79 bits per heavy atom. The van der Waals surface area contributed by atoms with Crippen molar-refractivity contribution < 1.29 is 9.59 Å². The Hall–Kier alpha value is -1.89. The van der Waals surface area contributed by atoms with E-state index in [-0.39, 0.29) is 24.2 Å². The molecular formula is C21H26ClN3O2S. The van der Waals surface area contributed by atoms with E-state index in [1.807, 2.05) is 45.5 Å². The summed E-state index contributed by atoms with van der Waals surface area (Å²) >= 11 is 1.47. The Bertz CT molecular complexity index is 798. The SMILES string of the molecule is Cl.O=C(c1cccc(CC2CCNC2)c1)N1CCN(C(=O)c2cccs2)CC1. The van der Waals surface area contributed by atoms with E-state index in [1.54, 1.807) is 0 Å². The molecule has 0 bridgehead atoms. The molecule has 28 heavy (non-hydrogen) atoms. The van der Waals surface area contributed by atoms with Crippen LogP contribution in [0.3, 0.4) is 0 Å². The minimum Gasteiger partial charge on any atom is -0.335 e. The van der Waals surface area contributed by atoms with Crippen LogP contribution in [-0.2, 0) is 6.42 Å². The van der Waals surface area contributed by atoms with Gasteiger partial charge in [0.25, 0.3) is 11.8 Å². The lowest BCUT2D eigenvalue weighted by atomic mass is 9.97. The van der Waals surface area contributed by atoms with Crippen molar-refractivity contribution >= 4 is 35.6 Å². The maximum absolute atomic E-state index is 12.9. The lowest BCUT2D eigenvalue weighted by Crippen LogP contribution is -2.50. The number of nitrogens with zero attached hydrogens (tertiary/aromatic N) is 2. The van der Waals surface area contributed by atoms with Crippen LogP contribution in [-0.4, -0.2) is 60.9 Å². The molecule has 0 saturated carbocycles. The molecule has 5 nitrogen and oxygen atoms in total. The van der Waals surface area contributed by atoms with E-state index < -0.39 is 0 Å². The molecule has 4 rings (SSSR count). The van der Waals surface area contributed by atoms with E-state index in [0.717, 1.165) is 30.0 Å². The zero-order valence-corrected chi connectivity index (χ0v) is 17.4. The minimum absolute atomic E-state index is 0. The summed E-state index contributed by atoms with van der Waals surface area (Å²) in [6.07, 6.45) is 2.23. The normalized spacial score (nSPS) is 19.4. The zero-order chi connectivity index (χ0) is 18.6. The topological polar surface area (TPSA) is 52.7 Å². The highest BCUT2D eigenvalue weighted by Gasteiger charge is 2.26. The van der Waals surface area contributed by atoms with Gasteiger partial charge in [0.1, 0.15) is 0 Å². The maximum Gasteiger partial charge on any atom is 0.264 e. The van der Waals surface area contributed by atoms with Gasteiger partial charge in [-0.3, -0.25) is 9.59 Å². The lowest BCUT2D eigenvalue weighted by molar-refractivity contribution is 0.0538. The van der Waals surface area contributed by atoms with Crippen molar-refractivity contribution in [3.63, 3.8) is 0 Å². The van der Waals surface area contributed by atoms with Crippen molar-refractivity contribution in [2.75, 3.05) is 39.3 Å². The summed E-state index contributed by atoms with van der Waals surface area (Å²) in [6.45, 7) is 4.53. The van der Waals surface area contributed by atoms with E-state index in [2.05, 4.69) is 11.4 Å². The van der Waals surface area contributed by atoms with E-state index in [0.29, 0.717) is 32.1 Å². The molecule has 0 radical (unpaired) electrons. The molecule has 2 amide bonds. The number of carbonyl (C=O) groups excluding carboxylic acids is 2. The maximum atomic E-state index is 12.9. The molecule has 0 aliphatic carbocycles. The van der Waals surface area contributed by atoms with Crippen molar-refractivity contribution in [3.8, 4) is 0 Å². The molecule has 1 aromatic carbocycles. The van der Waals surface area contributed by atoms with Gasteiger partial charge in [0.05, 0.1) is 4.88 Å². The first-order valence-corrected chi connectivity index (χ1v) is 10.5. The number of benzene rings is 1. The molecule has 3 heterocycles. The Balaban J connectivity index is 0.00000225. The summed E-state index contributed by atoms with van der Waals surface area (Å²) in [5, 5.41) is 5.32. The van der Waals surface area contributed by atoms with Crippen LogP contribution in [0, 0.1) is 5.92 Å². The number of rotatable bonds is 4. The molecule has 0 spiro atoms. The number of thiophene rings is 1. The summed E-state index contributed by atoms with van der Waals surface area (Å²) in [5.74, 6) is 0.816. The van der Waals surface area contributed by atoms with E-state index in [4.69, 9.17) is 0 Å². The number of hydrogen-bond acceptors (Lipinski definition) is 4. The standard InChI is InChI=1S/C21H25N3O2S.ClH/c25-20(18-4-1-3-16(14-18)13-17-6-7-22-15-17)23-8-10-24(11-9-23)21(26)19-5-2-12-27-19;/h1-5,12,14,17,22H,6-11,13,15H2;1H. The van der Waals surface area contributed by atoms with Crippen LogP contribution in [0.2, 0.25) is 0 Å². The minimum atomic E-state index is 0. The van der Waals surface area contributed by atoms with Crippen LogP contribution < -0.4 is 5.32 Å². The highest BCUT2D eigenvalue weighted by molar-refractivity contribution is 7.12. The number of nitrogens with one attached hydrogen (secondary N) is 1. The van der Waals surface area contributed by atoms with Crippen molar-refractivity contribution in [1.82, 2.24) is 15.1 Å². The van der Waals surface area contributed by atoms with Gasteiger partial charge in [-0.1, -0.05) is 18.2 Å². The van der Waals surface area contributed by atoms with Crippen LogP contribution in [0.5, 0.6) is 0 Å². The fourth-order valence-electron chi connectivity index (χ4n) is 3.90. The molecule has 1 aromatic heterocycles. The van der Waals surface area contributed by atoms with Crippen LogP contribution in [0.4, 0.5) is 0 Å². The van der Waals surface area contributed by atoms with Crippen LogP contribution in [0.1, 0.15) is 32.0 Å². The van der Waals surface area contributed by atoms with E-state index in [1.165, 1.54) is 23.3 Å². The van der Waals surface area contributed by atoms with Crippen LogP contribution in [0.25, 0.3) is 0 Å². The van der Waals surface area contributed by atoms with Gasteiger partial charge < -0.3 is 15.1 Å². The Morgan fingerprint density at radius 3 is 2.43 bits per heavy atom. The van der Waals surface area contributed by atoms with E-state index in [9.17, 15) is 9.59 Å². The average Bonchev–Trinajstić information content (AvgIpc) is 3.41. The second-order valence-corrected chi connectivity index (χ2v) is 8.27. The smallest absolute Gasteiger partial charge is 0.264 e. The van der Waals surface area contributed by atoms with Gasteiger partial charge in [-0.15, -0.1) is 23.7 Å². The first-order chi connectivity index (χ1) is 13.2. The fourth-order valence-corrected chi connectivity index (χ4v) is 4.60. The molecule has 2 aliphatic heterocycles. The molecule has 150 valence electrons. The average molecular weight is 420 g/mol. The lowest BCUT2D eigenvalue weighted by Gasteiger charge is -2.34. The Kier molecular flexibility index (Phi) is 7.10. The van der Waals surface area contributed by atoms with Gasteiger partial charge >= 0.3 is 0 Å². The first-order valence-electron chi connectivity index (χ1n) is 9.62. The zero-order valence-electron chi connectivity index (χ0n) is 15.8. The first kappa shape index (κ1) is 20.8. The third-order valence-corrected chi connectivity index (χ3v) is 6.30. The van der Waals surface area contributed by atoms with Gasteiger partial charge in [0.2, 0.25) is 0 Å². The highest BCUT2D eigenvalue weighted by Crippen LogP contribution is 2.18. The van der Waals surface area contributed by atoms with E-state index >= 15 is 0 Å². The van der Waals surface area contributed by atoms with Gasteiger partial charge in [0.15, 0.2) is 0 Å². The Morgan fingerprint density at radius 1 is 1.04 bits per heavy atom. The van der Waals surface area contributed by atoms with Crippen molar-refractivity contribution in [1.29, 1.82) is 0 Å². The summed E-state index contributed by atoms with van der Waals surface area (Å²) < 4.78 is 0. The molecule has 2 saturated heterocycles. The number of halogens is 1. The van der Waals surface area contributed by atoms with Crippen molar-refractivity contribution in [2.45, 2.75) is 12.8 Å². The third-order valence-electron chi connectivity index (χ3n) is 5.45. The second-order valence-electron chi connectivity index (χ2n) is 7.33. The summed E-state index contributed by atoms with van der Waals surface area (Å²) in [7, 11) is 0. The van der Waals surface area contributed by atoms with Crippen LogP contribution in [0.15, 0.2) is 41.8 Å². The van der Waals surface area contributed by atoms with Gasteiger partial charge in [0, 0.05) is 31.7 Å². The summed E-state index contributed by atoms with van der Waals surface area (Å²) in [4.78, 5) is 29.8. The number of carbonyl (C=O) groups is 2. The van der Waals surface area contributed by atoms with Crippen molar-refractivity contribution in [3.05, 3.63) is 57.8 Å². The summed E-state index contributed by atoms with van der Waals surface area (Å²) in [5.41, 5.74) is 2.00. The molecule has 2 fully saturated rings. The van der Waals surface area contributed by atoms with Gasteiger partial charge in [-0.25, -0.2) is 0 Å². The molecular weight excluding hydrogens is 394 g/mol. The molecule has 2 aliphatic rings. The molecule has 1 N–H and O–H groups in total. The monoisotopic (exact) mass is 419 g/mol. The number of amides is 2. The van der Waals surface area contributed by atoms with Crippen molar-refractivity contribution in [2.24, 2.45) is 5.92 Å². The molecule has 2 aromatic rings. The van der Waals surface area contributed by atoms with Gasteiger partial charge in [-0.2, -0.15) is 0 Å². The highest BCUT2D eigenvalue weighted by atomic mass is 35.5. The predicted molar refractivity (Wildman–Crippen MR) is 114 cm³/mol.